The number of halogens is 1. The normalized spacial score (nSPS) is 19.0. The molecule has 1 amide bonds. The highest BCUT2D eigenvalue weighted by molar-refractivity contribution is 6.31. The van der Waals surface area contributed by atoms with Crippen LogP contribution in [-0.4, -0.2) is 38.2 Å². The van der Waals surface area contributed by atoms with Gasteiger partial charge in [0.2, 0.25) is 5.91 Å². The Hall–Kier alpha value is -1.59. The second kappa shape index (κ2) is 7.43. The monoisotopic (exact) mass is 311 g/mol. The van der Waals surface area contributed by atoms with Gasteiger partial charge in [0.25, 0.3) is 0 Å². The van der Waals surface area contributed by atoms with Crippen molar-refractivity contribution in [3.8, 4) is 0 Å². The summed E-state index contributed by atoms with van der Waals surface area (Å²) in [5.74, 6) is -0.874. The minimum Gasteiger partial charge on any atom is -0.467 e. The topological polar surface area (TPSA) is 64.6 Å². The second-order valence-electron chi connectivity index (χ2n) is 4.94. The quantitative estimate of drug-likeness (QED) is 0.839. The van der Waals surface area contributed by atoms with E-state index in [-0.39, 0.29) is 11.8 Å². The molecule has 1 heterocycles. The van der Waals surface area contributed by atoms with E-state index in [2.05, 4.69) is 5.32 Å². The summed E-state index contributed by atoms with van der Waals surface area (Å²) in [6, 6.07) is 6.47. The number of rotatable bonds is 5. The van der Waals surface area contributed by atoms with E-state index in [0.29, 0.717) is 31.1 Å². The fraction of sp³-hybridized carbons (Fsp3) is 0.467. The van der Waals surface area contributed by atoms with Crippen molar-refractivity contribution in [2.45, 2.75) is 18.9 Å². The van der Waals surface area contributed by atoms with E-state index in [9.17, 15) is 9.59 Å². The molecule has 1 aliphatic rings. The number of benzene rings is 1. The van der Waals surface area contributed by atoms with E-state index in [4.69, 9.17) is 21.1 Å². The van der Waals surface area contributed by atoms with E-state index < -0.39 is 12.0 Å². The molecule has 0 aromatic heterocycles. The van der Waals surface area contributed by atoms with Gasteiger partial charge in [0, 0.05) is 18.1 Å². The Morgan fingerprint density at radius 1 is 1.48 bits per heavy atom. The van der Waals surface area contributed by atoms with Gasteiger partial charge >= 0.3 is 5.97 Å². The summed E-state index contributed by atoms with van der Waals surface area (Å²) in [6.07, 6.45) is 0.970. The van der Waals surface area contributed by atoms with Gasteiger partial charge in [-0.25, -0.2) is 4.79 Å². The largest absolute Gasteiger partial charge is 0.467 e. The first-order valence-corrected chi connectivity index (χ1v) is 7.19. The Morgan fingerprint density at radius 2 is 2.24 bits per heavy atom. The third kappa shape index (κ3) is 4.19. The van der Waals surface area contributed by atoms with Crippen LogP contribution in [0.25, 0.3) is 0 Å². The van der Waals surface area contributed by atoms with Crippen molar-refractivity contribution in [1.82, 2.24) is 5.32 Å². The van der Waals surface area contributed by atoms with Gasteiger partial charge in [0.05, 0.1) is 19.6 Å². The molecule has 0 spiro atoms. The predicted octanol–water partition coefficient (Wildman–Crippen LogP) is 1.58. The number of amides is 1. The lowest BCUT2D eigenvalue weighted by molar-refractivity contribution is -0.145. The van der Waals surface area contributed by atoms with Crippen LogP contribution in [0.4, 0.5) is 0 Å². The fourth-order valence-corrected chi connectivity index (χ4v) is 2.46. The fourth-order valence-electron chi connectivity index (χ4n) is 2.25. The Bertz CT molecular complexity index is 514. The van der Waals surface area contributed by atoms with Crippen molar-refractivity contribution in [1.29, 1.82) is 0 Å². The first-order valence-electron chi connectivity index (χ1n) is 6.81. The minimum atomic E-state index is -0.747. The molecule has 0 unspecified atom stereocenters. The summed E-state index contributed by atoms with van der Waals surface area (Å²) < 4.78 is 9.95. The van der Waals surface area contributed by atoms with Gasteiger partial charge in [-0.3, -0.25) is 4.79 Å². The standard InChI is InChI=1S/C15H18ClNO4/c1-20-15(19)13(8-10-4-2-3-5-12(10)16)17-14(18)11-6-7-21-9-11/h2-5,11,13H,6-9H2,1H3,(H,17,18)/t11-,13-/m1/s1. The molecule has 2 atom stereocenters. The van der Waals surface area contributed by atoms with Gasteiger partial charge in [-0.15, -0.1) is 0 Å². The first-order chi connectivity index (χ1) is 10.1. The number of methoxy groups -OCH3 is 1. The average Bonchev–Trinajstić information content (AvgIpc) is 3.02. The molecule has 114 valence electrons. The van der Waals surface area contributed by atoms with Gasteiger partial charge < -0.3 is 14.8 Å². The lowest BCUT2D eigenvalue weighted by Gasteiger charge is -2.19. The van der Waals surface area contributed by atoms with Crippen molar-refractivity contribution in [2.24, 2.45) is 5.92 Å². The lowest BCUT2D eigenvalue weighted by Crippen LogP contribution is -2.45. The summed E-state index contributed by atoms with van der Waals surface area (Å²) in [4.78, 5) is 24.0. The van der Waals surface area contributed by atoms with Crippen LogP contribution in [0.1, 0.15) is 12.0 Å². The predicted molar refractivity (Wildman–Crippen MR) is 78.0 cm³/mol. The zero-order valence-corrected chi connectivity index (χ0v) is 12.6. The molecule has 0 radical (unpaired) electrons. The third-order valence-electron chi connectivity index (χ3n) is 3.48. The highest BCUT2D eigenvalue weighted by Gasteiger charge is 2.29. The molecule has 1 saturated heterocycles. The van der Waals surface area contributed by atoms with Crippen molar-refractivity contribution < 1.29 is 19.1 Å². The van der Waals surface area contributed by atoms with Gasteiger partial charge in [-0.05, 0) is 18.1 Å². The molecule has 1 aromatic rings. The summed E-state index contributed by atoms with van der Waals surface area (Å²) in [6.45, 7) is 0.970. The van der Waals surface area contributed by atoms with Crippen molar-refractivity contribution >= 4 is 23.5 Å². The molecule has 1 N–H and O–H groups in total. The summed E-state index contributed by atoms with van der Waals surface area (Å²) in [5.41, 5.74) is 0.789. The van der Waals surface area contributed by atoms with Crippen molar-refractivity contribution in [2.75, 3.05) is 20.3 Å². The SMILES string of the molecule is COC(=O)[C@@H](Cc1ccccc1Cl)NC(=O)[C@@H]1CCOC1. The molecule has 0 aliphatic carbocycles. The summed E-state index contributed by atoms with van der Waals surface area (Å²) in [5, 5.41) is 3.29. The van der Waals surface area contributed by atoms with Crippen LogP contribution in [0.3, 0.4) is 0 Å². The van der Waals surface area contributed by atoms with Crippen LogP contribution in [0.5, 0.6) is 0 Å². The number of carbonyl (C=O) groups is 2. The number of hydrogen-bond donors (Lipinski definition) is 1. The number of nitrogens with one attached hydrogen (secondary N) is 1. The van der Waals surface area contributed by atoms with Gasteiger partial charge in [-0.2, -0.15) is 0 Å². The van der Waals surface area contributed by atoms with Crippen LogP contribution in [0, 0.1) is 5.92 Å². The molecule has 5 nitrogen and oxygen atoms in total. The molecule has 1 aliphatic heterocycles. The smallest absolute Gasteiger partial charge is 0.328 e. The van der Waals surface area contributed by atoms with E-state index in [1.807, 2.05) is 18.2 Å². The van der Waals surface area contributed by atoms with Crippen LogP contribution >= 0.6 is 11.6 Å². The molecule has 2 rings (SSSR count). The minimum absolute atomic E-state index is 0.185. The number of hydrogen-bond acceptors (Lipinski definition) is 4. The van der Waals surface area contributed by atoms with Gasteiger partial charge in [0.1, 0.15) is 6.04 Å². The molecule has 0 bridgehead atoms. The van der Waals surface area contributed by atoms with Gasteiger partial charge in [-0.1, -0.05) is 29.8 Å². The summed E-state index contributed by atoms with van der Waals surface area (Å²) in [7, 11) is 1.30. The zero-order valence-electron chi connectivity index (χ0n) is 11.8. The van der Waals surface area contributed by atoms with E-state index in [0.717, 1.165) is 5.56 Å². The number of ether oxygens (including phenoxy) is 2. The Labute approximate surface area is 128 Å². The summed E-state index contributed by atoms with van der Waals surface area (Å²) >= 11 is 6.10. The molecule has 21 heavy (non-hydrogen) atoms. The molecular weight excluding hydrogens is 294 g/mol. The molecule has 0 saturated carbocycles. The first kappa shape index (κ1) is 15.8. The zero-order chi connectivity index (χ0) is 15.2. The highest BCUT2D eigenvalue weighted by atomic mass is 35.5. The van der Waals surface area contributed by atoms with Crippen LogP contribution in [0.2, 0.25) is 5.02 Å². The number of carbonyl (C=O) groups excluding carboxylic acids is 2. The van der Waals surface area contributed by atoms with Gasteiger partial charge in [0.15, 0.2) is 0 Å². The maximum atomic E-state index is 12.1. The van der Waals surface area contributed by atoms with E-state index >= 15 is 0 Å². The lowest BCUT2D eigenvalue weighted by atomic mass is 10.0. The highest BCUT2D eigenvalue weighted by Crippen LogP contribution is 2.18. The van der Waals surface area contributed by atoms with Crippen LogP contribution in [0.15, 0.2) is 24.3 Å². The number of esters is 1. The molecule has 1 aromatic carbocycles. The average molecular weight is 312 g/mol. The van der Waals surface area contributed by atoms with Crippen LogP contribution in [-0.2, 0) is 25.5 Å². The second-order valence-corrected chi connectivity index (χ2v) is 5.35. The third-order valence-corrected chi connectivity index (χ3v) is 3.85. The van der Waals surface area contributed by atoms with Crippen LogP contribution < -0.4 is 5.32 Å². The van der Waals surface area contributed by atoms with E-state index in [1.165, 1.54) is 7.11 Å². The van der Waals surface area contributed by atoms with Crippen molar-refractivity contribution in [3.63, 3.8) is 0 Å². The molecule has 1 fully saturated rings. The molecular formula is C15H18ClNO4. The maximum Gasteiger partial charge on any atom is 0.328 e. The Kier molecular flexibility index (Phi) is 5.59. The Morgan fingerprint density at radius 3 is 2.86 bits per heavy atom. The molecule has 6 heteroatoms. The van der Waals surface area contributed by atoms with Crippen molar-refractivity contribution in [3.05, 3.63) is 34.9 Å². The van der Waals surface area contributed by atoms with E-state index in [1.54, 1.807) is 6.07 Å². The Balaban J connectivity index is 2.06. The maximum absolute atomic E-state index is 12.1.